The molecule has 1 saturated carbocycles. The monoisotopic (exact) mass is 369 g/mol. The zero-order valence-corrected chi connectivity index (χ0v) is 16.0. The normalized spacial score (nSPS) is 27.1. The second-order valence-corrected chi connectivity index (χ2v) is 9.29. The first-order valence-electron chi connectivity index (χ1n) is 8.79. The summed E-state index contributed by atoms with van der Waals surface area (Å²) in [7, 11) is -1.84. The average molecular weight is 369 g/mol. The largest absolute Gasteiger partial charge is 0.496 e. The second kappa shape index (κ2) is 5.88. The van der Waals surface area contributed by atoms with E-state index in [1.807, 2.05) is 43.3 Å². The Bertz CT molecular complexity index is 965. The van der Waals surface area contributed by atoms with Gasteiger partial charge in [-0.2, -0.15) is 0 Å². The molecule has 136 valence electrons. The lowest BCUT2D eigenvalue weighted by Gasteiger charge is -2.25. The van der Waals surface area contributed by atoms with Gasteiger partial charge in [-0.3, -0.25) is 4.31 Å². The van der Waals surface area contributed by atoms with Gasteiger partial charge in [-0.25, -0.2) is 8.42 Å². The zero-order valence-electron chi connectivity index (χ0n) is 15.2. The summed E-state index contributed by atoms with van der Waals surface area (Å²) >= 11 is 0. The Labute approximate surface area is 155 Å². The molecule has 2 aromatic carbocycles. The third-order valence-corrected chi connectivity index (χ3v) is 7.60. The molecule has 0 N–H and O–H groups in total. The predicted octanol–water partition coefficient (Wildman–Crippen LogP) is 3.94. The van der Waals surface area contributed by atoms with Gasteiger partial charge in [0.15, 0.2) is 0 Å². The molecule has 2 aromatic rings. The number of sulfonamides is 1. The molecule has 0 saturated heterocycles. The highest BCUT2D eigenvalue weighted by atomic mass is 32.2. The summed E-state index contributed by atoms with van der Waals surface area (Å²) in [6.07, 6.45) is 3.78. The van der Waals surface area contributed by atoms with Crippen LogP contribution in [-0.2, 0) is 10.0 Å². The maximum Gasteiger partial charge on any atom is 0.263 e. The Kier molecular flexibility index (Phi) is 3.88. The molecule has 26 heavy (non-hydrogen) atoms. The van der Waals surface area contributed by atoms with Crippen molar-refractivity contribution in [1.82, 2.24) is 4.31 Å². The minimum Gasteiger partial charge on any atom is -0.496 e. The SMILES string of the molecule is COc1ccccc1[C@H]1[C@@H]2CN(S(=O)(=O)c3ccc(C)cc3)C=C[C@@]21C. The van der Waals surface area contributed by atoms with Crippen LogP contribution >= 0.6 is 0 Å². The molecule has 4 rings (SSSR count). The Morgan fingerprint density at radius 1 is 1.12 bits per heavy atom. The van der Waals surface area contributed by atoms with Gasteiger partial charge in [0.1, 0.15) is 5.75 Å². The van der Waals surface area contributed by atoms with Crippen LogP contribution in [0.15, 0.2) is 65.7 Å². The van der Waals surface area contributed by atoms with Crippen LogP contribution in [0, 0.1) is 18.3 Å². The third-order valence-electron chi connectivity index (χ3n) is 5.84. The number of fused-ring (bicyclic) bond motifs is 1. The minimum atomic E-state index is -3.52. The molecule has 1 heterocycles. The standard InChI is InChI=1S/C21H23NO3S/c1-15-8-10-16(11-9-15)26(23,24)22-13-12-21(2)18(14-22)20(21)17-6-4-5-7-19(17)25-3/h4-13,18,20H,14H2,1-3H3/t18-,20-,21-/m0/s1. The number of para-hydroxylation sites is 1. The predicted molar refractivity (Wildman–Crippen MR) is 102 cm³/mol. The first-order chi connectivity index (χ1) is 12.4. The van der Waals surface area contributed by atoms with E-state index in [4.69, 9.17) is 4.74 Å². The molecule has 0 amide bonds. The number of hydrogen-bond donors (Lipinski definition) is 0. The molecule has 0 unspecified atom stereocenters. The van der Waals surface area contributed by atoms with Gasteiger partial charge in [0, 0.05) is 18.7 Å². The summed E-state index contributed by atoms with van der Waals surface area (Å²) < 4.78 is 33.0. The number of methoxy groups -OCH3 is 1. The van der Waals surface area contributed by atoms with E-state index in [1.54, 1.807) is 25.4 Å². The quantitative estimate of drug-likeness (QED) is 0.820. The van der Waals surface area contributed by atoms with E-state index in [9.17, 15) is 8.42 Å². The van der Waals surface area contributed by atoms with Crippen molar-refractivity contribution in [1.29, 1.82) is 0 Å². The van der Waals surface area contributed by atoms with Crippen molar-refractivity contribution in [3.05, 3.63) is 71.9 Å². The molecule has 0 radical (unpaired) electrons. The first-order valence-corrected chi connectivity index (χ1v) is 10.2. The van der Waals surface area contributed by atoms with E-state index < -0.39 is 10.0 Å². The van der Waals surface area contributed by atoms with Gasteiger partial charge in [-0.15, -0.1) is 0 Å². The Hall–Kier alpha value is -2.27. The van der Waals surface area contributed by atoms with Crippen LogP contribution in [0.3, 0.4) is 0 Å². The van der Waals surface area contributed by atoms with Crippen LogP contribution < -0.4 is 4.74 Å². The fourth-order valence-electron chi connectivity index (χ4n) is 4.15. The van der Waals surface area contributed by atoms with Crippen LogP contribution in [0.2, 0.25) is 0 Å². The van der Waals surface area contributed by atoms with Crippen molar-refractivity contribution in [2.45, 2.75) is 24.7 Å². The lowest BCUT2D eigenvalue weighted by Crippen LogP contribution is -2.31. The molecule has 2 aliphatic rings. The molecule has 1 aliphatic heterocycles. The molecule has 1 fully saturated rings. The van der Waals surface area contributed by atoms with Gasteiger partial charge in [0.05, 0.1) is 12.0 Å². The van der Waals surface area contributed by atoms with E-state index in [1.165, 1.54) is 4.31 Å². The smallest absolute Gasteiger partial charge is 0.263 e. The number of allylic oxidation sites excluding steroid dienone is 1. The average Bonchev–Trinajstić information content (AvgIpc) is 3.26. The highest BCUT2D eigenvalue weighted by molar-refractivity contribution is 7.89. The van der Waals surface area contributed by atoms with Gasteiger partial charge < -0.3 is 4.74 Å². The number of ether oxygens (including phenoxy) is 1. The van der Waals surface area contributed by atoms with E-state index in [-0.39, 0.29) is 17.3 Å². The van der Waals surface area contributed by atoms with Crippen molar-refractivity contribution in [2.75, 3.05) is 13.7 Å². The molecule has 4 nitrogen and oxygen atoms in total. The topological polar surface area (TPSA) is 46.6 Å². The van der Waals surface area contributed by atoms with E-state index >= 15 is 0 Å². The van der Waals surface area contributed by atoms with E-state index in [0.717, 1.165) is 16.9 Å². The highest BCUT2D eigenvalue weighted by Gasteiger charge is 2.63. The third kappa shape index (κ3) is 2.53. The number of rotatable bonds is 4. The number of nitrogens with zero attached hydrogens (tertiary/aromatic N) is 1. The molecule has 5 heteroatoms. The number of hydrogen-bond acceptors (Lipinski definition) is 3. The summed E-state index contributed by atoms with van der Waals surface area (Å²) in [6.45, 7) is 4.64. The highest BCUT2D eigenvalue weighted by Crippen LogP contribution is 2.68. The molecule has 0 aromatic heterocycles. The lowest BCUT2D eigenvalue weighted by atomic mass is 10.00. The van der Waals surface area contributed by atoms with Gasteiger partial charge in [-0.1, -0.05) is 48.9 Å². The molecule has 0 bridgehead atoms. The van der Waals surface area contributed by atoms with E-state index in [0.29, 0.717) is 11.4 Å². The Morgan fingerprint density at radius 2 is 1.81 bits per heavy atom. The summed E-state index contributed by atoms with van der Waals surface area (Å²) in [5, 5.41) is 0. The molecular formula is C21H23NO3S. The van der Waals surface area contributed by atoms with Gasteiger partial charge >= 0.3 is 0 Å². The Balaban J connectivity index is 1.62. The van der Waals surface area contributed by atoms with Crippen molar-refractivity contribution in [3.63, 3.8) is 0 Å². The summed E-state index contributed by atoms with van der Waals surface area (Å²) in [4.78, 5) is 0.339. The Morgan fingerprint density at radius 3 is 2.50 bits per heavy atom. The number of benzene rings is 2. The van der Waals surface area contributed by atoms with Crippen molar-refractivity contribution >= 4 is 10.0 Å². The van der Waals surface area contributed by atoms with Crippen LogP contribution in [0.25, 0.3) is 0 Å². The van der Waals surface area contributed by atoms with E-state index in [2.05, 4.69) is 13.0 Å². The lowest BCUT2D eigenvalue weighted by molar-refractivity contribution is 0.408. The fraction of sp³-hybridized carbons (Fsp3) is 0.333. The zero-order chi connectivity index (χ0) is 18.5. The minimum absolute atomic E-state index is 0.0199. The molecular weight excluding hydrogens is 346 g/mol. The summed E-state index contributed by atoms with van der Waals surface area (Å²) in [5.41, 5.74) is 2.18. The van der Waals surface area contributed by atoms with Crippen LogP contribution in [-0.4, -0.2) is 26.4 Å². The van der Waals surface area contributed by atoms with Crippen molar-refractivity contribution in [2.24, 2.45) is 11.3 Å². The fourth-order valence-corrected chi connectivity index (χ4v) is 5.48. The van der Waals surface area contributed by atoms with Crippen LogP contribution in [0.1, 0.15) is 24.0 Å². The number of aryl methyl sites for hydroxylation is 1. The van der Waals surface area contributed by atoms with Crippen molar-refractivity contribution < 1.29 is 13.2 Å². The van der Waals surface area contributed by atoms with Gasteiger partial charge in [0.2, 0.25) is 0 Å². The summed E-state index contributed by atoms with van der Waals surface area (Å²) in [5.74, 6) is 1.40. The maximum atomic E-state index is 13.0. The first kappa shape index (κ1) is 17.2. The molecule has 3 atom stereocenters. The molecule has 0 spiro atoms. The second-order valence-electron chi connectivity index (χ2n) is 7.40. The molecule has 1 aliphatic carbocycles. The summed E-state index contributed by atoms with van der Waals surface area (Å²) in [6, 6.07) is 15.0. The van der Waals surface area contributed by atoms with Gasteiger partial charge in [-0.05, 0) is 42.0 Å². The van der Waals surface area contributed by atoms with Crippen LogP contribution in [0.4, 0.5) is 0 Å². The maximum absolute atomic E-state index is 13.0. The van der Waals surface area contributed by atoms with Gasteiger partial charge in [0.25, 0.3) is 10.0 Å². The van der Waals surface area contributed by atoms with Crippen LogP contribution in [0.5, 0.6) is 5.75 Å². The van der Waals surface area contributed by atoms with Crippen molar-refractivity contribution in [3.8, 4) is 5.75 Å².